The van der Waals surface area contributed by atoms with Crippen LogP contribution in [0, 0.1) is 12.7 Å². The molecule has 0 aliphatic carbocycles. The molecule has 1 aromatic heterocycles. The van der Waals surface area contributed by atoms with Crippen molar-refractivity contribution in [3.05, 3.63) is 53.2 Å². The van der Waals surface area contributed by atoms with Gasteiger partial charge in [0.1, 0.15) is 11.6 Å². The van der Waals surface area contributed by atoms with Crippen LogP contribution in [0.1, 0.15) is 30.0 Å². The van der Waals surface area contributed by atoms with Crippen LogP contribution in [0.4, 0.5) is 4.39 Å². The Morgan fingerprint density at radius 2 is 1.85 bits per heavy atom. The predicted molar refractivity (Wildman–Crippen MR) is 101 cm³/mol. The van der Waals surface area contributed by atoms with Gasteiger partial charge in [0.25, 0.3) is 0 Å². The molecule has 0 radical (unpaired) electrons. The lowest BCUT2D eigenvalue weighted by molar-refractivity contribution is -0.133. The van der Waals surface area contributed by atoms with Crippen LogP contribution < -0.4 is 0 Å². The Morgan fingerprint density at radius 1 is 1.22 bits per heavy atom. The van der Waals surface area contributed by atoms with Gasteiger partial charge in [-0.25, -0.2) is 4.39 Å². The van der Waals surface area contributed by atoms with Gasteiger partial charge in [-0.3, -0.25) is 14.6 Å². The van der Waals surface area contributed by atoms with Crippen molar-refractivity contribution in [2.45, 2.75) is 26.4 Å². The Balaban J connectivity index is 1.46. The number of nitrogens with zero attached hydrogens (tertiary/aromatic N) is 4. The third-order valence-corrected chi connectivity index (χ3v) is 5.21. The lowest BCUT2D eigenvalue weighted by Gasteiger charge is -2.35. The third-order valence-electron chi connectivity index (χ3n) is 5.21. The quantitative estimate of drug-likeness (QED) is 0.777. The maximum atomic E-state index is 13.1. The maximum Gasteiger partial charge on any atom is 0.236 e. The first-order chi connectivity index (χ1) is 12.9. The molecule has 0 N–H and O–H groups in total. The van der Waals surface area contributed by atoms with E-state index in [-0.39, 0.29) is 17.8 Å². The van der Waals surface area contributed by atoms with E-state index in [9.17, 15) is 9.18 Å². The minimum atomic E-state index is -0.265. The first kappa shape index (κ1) is 19.5. The number of aryl methyl sites for hydroxylation is 1. The van der Waals surface area contributed by atoms with Crippen LogP contribution in [-0.4, -0.2) is 65.5 Å². The zero-order valence-corrected chi connectivity index (χ0v) is 16.2. The standard InChI is InChI=1S/C20H27FN4O2/c1-15-12-19(22-27-15)13-24-8-10-25(11-9-24)14-20(26)23(3)16(2)17-4-6-18(21)7-5-17/h4-7,12,16H,8-11,13-14H2,1-3H3. The molecule has 0 saturated carbocycles. The lowest BCUT2D eigenvalue weighted by atomic mass is 10.1. The molecule has 1 amide bonds. The Bertz CT molecular complexity index is 754. The second-order valence-electron chi connectivity index (χ2n) is 7.21. The van der Waals surface area contributed by atoms with E-state index in [1.807, 2.05) is 19.9 Å². The van der Waals surface area contributed by atoms with Gasteiger partial charge in [0.2, 0.25) is 5.91 Å². The Labute approximate surface area is 159 Å². The van der Waals surface area contributed by atoms with Gasteiger partial charge in [-0.15, -0.1) is 0 Å². The molecule has 1 fully saturated rings. The van der Waals surface area contributed by atoms with E-state index < -0.39 is 0 Å². The average molecular weight is 374 g/mol. The van der Waals surface area contributed by atoms with Crippen LogP contribution in [0.3, 0.4) is 0 Å². The summed E-state index contributed by atoms with van der Waals surface area (Å²) in [7, 11) is 1.81. The molecule has 1 atom stereocenters. The summed E-state index contributed by atoms with van der Waals surface area (Å²) in [5.41, 5.74) is 1.88. The number of benzene rings is 1. The largest absolute Gasteiger partial charge is 0.361 e. The highest BCUT2D eigenvalue weighted by molar-refractivity contribution is 5.78. The Kier molecular flexibility index (Phi) is 6.23. The Morgan fingerprint density at radius 3 is 2.44 bits per heavy atom. The van der Waals surface area contributed by atoms with Gasteiger partial charge in [0.15, 0.2) is 0 Å². The number of carbonyl (C=O) groups is 1. The number of amides is 1. The van der Waals surface area contributed by atoms with E-state index in [0.29, 0.717) is 6.54 Å². The van der Waals surface area contributed by atoms with E-state index in [4.69, 9.17) is 4.52 Å². The van der Waals surface area contributed by atoms with Crippen LogP contribution in [-0.2, 0) is 11.3 Å². The van der Waals surface area contributed by atoms with E-state index in [2.05, 4.69) is 15.0 Å². The number of piperazine rings is 1. The molecule has 3 rings (SSSR count). The van der Waals surface area contributed by atoms with Gasteiger partial charge in [-0.1, -0.05) is 17.3 Å². The van der Waals surface area contributed by atoms with Gasteiger partial charge in [-0.2, -0.15) is 0 Å². The summed E-state index contributed by atoms with van der Waals surface area (Å²) in [5, 5.41) is 4.04. The fourth-order valence-corrected chi connectivity index (χ4v) is 3.31. The molecule has 0 spiro atoms. The minimum Gasteiger partial charge on any atom is -0.361 e. The number of hydrogen-bond acceptors (Lipinski definition) is 5. The first-order valence-electron chi connectivity index (χ1n) is 9.30. The fourth-order valence-electron chi connectivity index (χ4n) is 3.31. The summed E-state index contributed by atoms with van der Waals surface area (Å²) < 4.78 is 18.2. The summed E-state index contributed by atoms with van der Waals surface area (Å²) in [6.45, 7) is 8.53. The molecule has 2 heterocycles. The number of aromatic nitrogens is 1. The number of hydrogen-bond donors (Lipinski definition) is 0. The van der Waals surface area contributed by atoms with Crippen LogP contribution in [0.5, 0.6) is 0 Å². The highest BCUT2D eigenvalue weighted by Gasteiger charge is 2.23. The van der Waals surface area contributed by atoms with Crippen molar-refractivity contribution >= 4 is 5.91 Å². The van der Waals surface area contributed by atoms with Gasteiger partial charge in [-0.05, 0) is 31.5 Å². The number of carbonyl (C=O) groups excluding carboxylic acids is 1. The molecule has 2 aromatic rings. The van der Waals surface area contributed by atoms with Crippen molar-refractivity contribution in [1.82, 2.24) is 19.9 Å². The molecular formula is C20H27FN4O2. The molecule has 1 aliphatic heterocycles. The van der Waals surface area contributed by atoms with Crippen molar-refractivity contribution in [2.24, 2.45) is 0 Å². The van der Waals surface area contributed by atoms with Gasteiger partial charge < -0.3 is 9.42 Å². The summed E-state index contributed by atoms with van der Waals surface area (Å²) in [4.78, 5) is 18.9. The predicted octanol–water partition coefficient (Wildman–Crippen LogP) is 2.46. The zero-order valence-electron chi connectivity index (χ0n) is 16.2. The number of halogens is 1. The summed E-state index contributed by atoms with van der Waals surface area (Å²) in [6, 6.07) is 8.19. The van der Waals surface area contributed by atoms with Gasteiger partial charge in [0, 0.05) is 45.8 Å². The van der Waals surface area contributed by atoms with Crippen LogP contribution in [0.15, 0.2) is 34.9 Å². The monoisotopic (exact) mass is 374 g/mol. The molecule has 27 heavy (non-hydrogen) atoms. The fraction of sp³-hybridized carbons (Fsp3) is 0.500. The van der Waals surface area contributed by atoms with Crippen molar-refractivity contribution in [2.75, 3.05) is 39.8 Å². The highest BCUT2D eigenvalue weighted by Crippen LogP contribution is 2.19. The molecule has 1 aromatic carbocycles. The topological polar surface area (TPSA) is 52.8 Å². The SMILES string of the molecule is Cc1cc(CN2CCN(CC(=O)N(C)C(C)c3ccc(F)cc3)CC2)no1. The first-order valence-corrected chi connectivity index (χ1v) is 9.30. The second-order valence-corrected chi connectivity index (χ2v) is 7.21. The van der Waals surface area contributed by atoms with Crippen LogP contribution in [0.25, 0.3) is 0 Å². The second kappa shape index (κ2) is 8.63. The Hall–Kier alpha value is -2.25. The summed E-state index contributed by atoms with van der Waals surface area (Å²) in [6.07, 6.45) is 0. The van der Waals surface area contributed by atoms with E-state index in [0.717, 1.165) is 49.7 Å². The molecule has 1 aliphatic rings. The highest BCUT2D eigenvalue weighted by atomic mass is 19.1. The van der Waals surface area contributed by atoms with Crippen molar-refractivity contribution in [1.29, 1.82) is 0 Å². The molecule has 146 valence electrons. The smallest absolute Gasteiger partial charge is 0.236 e. The minimum absolute atomic E-state index is 0.0763. The summed E-state index contributed by atoms with van der Waals surface area (Å²) >= 11 is 0. The van der Waals surface area contributed by atoms with Crippen LogP contribution >= 0.6 is 0 Å². The molecule has 7 heteroatoms. The number of rotatable bonds is 6. The van der Waals surface area contributed by atoms with E-state index in [1.165, 1.54) is 12.1 Å². The van der Waals surface area contributed by atoms with E-state index >= 15 is 0 Å². The van der Waals surface area contributed by atoms with E-state index in [1.54, 1.807) is 24.1 Å². The average Bonchev–Trinajstić information content (AvgIpc) is 3.07. The van der Waals surface area contributed by atoms with Crippen LogP contribution in [0.2, 0.25) is 0 Å². The lowest BCUT2D eigenvalue weighted by Crippen LogP contribution is -2.49. The molecule has 6 nitrogen and oxygen atoms in total. The van der Waals surface area contributed by atoms with Gasteiger partial charge in [0.05, 0.1) is 18.3 Å². The molecule has 0 bridgehead atoms. The maximum absolute atomic E-state index is 13.1. The zero-order chi connectivity index (χ0) is 19.4. The molecule has 1 unspecified atom stereocenters. The summed E-state index contributed by atoms with van der Waals surface area (Å²) in [5.74, 6) is 0.638. The van der Waals surface area contributed by atoms with Crippen molar-refractivity contribution < 1.29 is 13.7 Å². The van der Waals surface area contributed by atoms with Crippen molar-refractivity contribution in [3.8, 4) is 0 Å². The van der Waals surface area contributed by atoms with Gasteiger partial charge >= 0.3 is 0 Å². The molecular weight excluding hydrogens is 347 g/mol. The molecule has 1 saturated heterocycles. The number of likely N-dealkylation sites (N-methyl/N-ethyl adjacent to an activating group) is 1. The third kappa shape index (κ3) is 5.14. The van der Waals surface area contributed by atoms with Crippen molar-refractivity contribution in [3.63, 3.8) is 0 Å². The normalized spacial score (nSPS) is 17.0.